The third-order valence-electron chi connectivity index (χ3n) is 11.8. The van der Waals surface area contributed by atoms with Gasteiger partial charge in [0, 0.05) is 69.0 Å². The maximum Gasteiger partial charge on any atom is 0.573 e. The number of hydrogen-bond donors (Lipinski definition) is 3. The number of anilines is 2. The van der Waals surface area contributed by atoms with Crippen molar-refractivity contribution in [2.75, 3.05) is 63.8 Å². The minimum atomic E-state index is -5.08. The van der Waals surface area contributed by atoms with Gasteiger partial charge in [0.25, 0.3) is 11.8 Å². The lowest BCUT2D eigenvalue weighted by molar-refractivity contribution is -0.274. The summed E-state index contributed by atoms with van der Waals surface area (Å²) in [5.74, 6) is -0.520. The van der Waals surface area contributed by atoms with Gasteiger partial charge in [-0.2, -0.15) is 0 Å². The Balaban J connectivity index is 1.07. The monoisotopic (exact) mass is 936 g/mol. The van der Waals surface area contributed by atoms with Crippen molar-refractivity contribution in [3.8, 4) is 28.1 Å². The maximum absolute atomic E-state index is 14.1. The van der Waals surface area contributed by atoms with E-state index in [0.717, 1.165) is 11.6 Å². The van der Waals surface area contributed by atoms with Crippen LogP contribution in [0.25, 0.3) is 22.4 Å². The van der Waals surface area contributed by atoms with Crippen LogP contribution in [0.3, 0.4) is 0 Å². The summed E-state index contributed by atoms with van der Waals surface area (Å²) < 4.78 is 61.9. The van der Waals surface area contributed by atoms with E-state index in [0.29, 0.717) is 80.6 Å². The average Bonchev–Trinajstić information content (AvgIpc) is 3.97. The maximum atomic E-state index is 14.1. The lowest BCUT2D eigenvalue weighted by Gasteiger charge is -2.42. The third kappa shape index (κ3) is 10.9. The number of amides is 4. The third-order valence-corrected chi connectivity index (χ3v) is 12.1. The molecule has 7 rings (SSSR count). The summed E-state index contributed by atoms with van der Waals surface area (Å²) in [5.41, 5.74) is 1.95. The number of hydrogen-bond acceptors (Lipinski definition) is 11. The number of aromatic amines is 1. The molecule has 16 nitrogen and oxygen atoms in total. The second kappa shape index (κ2) is 19.7. The van der Waals surface area contributed by atoms with Crippen molar-refractivity contribution in [2.45, 2.75) is 71.5 Å². The van der Waals surface area contributed by atoms with Gasteiger partial charge in [-0.25, -0.2) is 14.8 Å². The molecule has 66 heavy (non-hydrogen) atoms. The van der Waals surface area contributed by atoms with Crippen LogP contribution >= 0.6 is 11.6 Å². The highest BCUT2D eigenvalue weighted by atomic mass is 35.5. The van der Waals surface area contributed by atoms with Gasteiger partial charge in [-0.1, -0.05) is 56.6 Å². The van der Waals surface area contributed by atoms with Gasteiger partial charge in [0.2, 0.25) is 5.91 Å². The Labute approximate surface area is 384 Å². The molecule has 0 unspecified atom stereocenters. The molecule has 4 aromatic rings. The molecule has 0 bridgehead atoms. The zero-order valence-electron chi connectivity index (χ0n) is 37.4. The minimum Gasteiger partial charge on any atom is -0.453 e. The molecule has 352 valence electrons. The van der Waals surface area contributed by atoms with Crippen LogP contribution in [0.1, 0.15) is 69.2 Å². The molecule has 5 heterocycles. The Morgan fingerprint density at radius 1 is 0.924 bits per heavy atom. The summed E-state index contributed by atoms with van der Waals surface area (Å²) in [6.07, 6.45) is -1.86. The molecular weight excluding hydrogens is 885 g/mol. The Kier molecular flexibility index (Phi) is 14.3. The van der Waals surface area contributed by atoms with Crippen molar-refractivity contribution in [1.29, 1.82) is 0 Å². The van der Waals surface area contributed by atoms with Crippen LogP contribution in [-0.2, 0) is 23.8 Å². The van der Waals surface area contributed by atoms with Crippen LogP contribution in [0.4, 0.5) is 29.5 Å². The van der Waals surface area contributed by atoms with Crippen molar-refractivity contribution in [2.24, 2.45) is 5.41 Å². The molecule has 0 aliphatic carbocycles. The second-order valence-corrected chi connectivity index (χ2v) is 17.7. The summed E-state index contributed by atoms with van der Waals surface area (Å²) in [7, 11) is 2.77. The lowest BCUT2D eigenvalue weighted by Crippen LogP contribution is -2.56. The van der Waals surface area contributed by atoms with E-state index in [-0.39, 0.29) is 52.1 Å². The van der Waals surface area contributed by atoms with E-state index in [4.69, 9.17) is 25.8 Å². The highest BCUT2D eigenvalue weighted by molar-refractivity contribution is 6.34. The van der Waals surface area contributed by atoms with Crippen molar-refractivity contribution >= 4 is 46.9 Å². The number of rotatable bonds is 10. The van der Waals surface area contributed by atoms with Crippen LogP contribution in [0.2, 0.25) is 5.02 Å². The number of nitrogens with one attached hydrogen (secondary N) is 3. The zero-order chi connectivity index (χ0) is 47.5. The largest absolute Gasteiger partial charge is 0.573 e. The first kappa shape index (κ1) is 47.8. The number of pyridine rings is 1. The Morgan fingerprint density at radius 2 is 1.64 bits per heavy atom. The van der Waals surface area contributed by atoms with Crippen molar-refractivity contribution < 1.29 is 51.3 Å². The number of methoxy groups -OCH3 is 2. The van der Waals surface area contributed by atoms with E-state index in [1.54, 1.807) is 54.6 Å². The summed E-state index contributed by atoms with van der Waals surface area (Å²) >= 11 is 6.61. The van der Waals surface area contributed by atoms with E-state index < -0.39 is 41.5 Å². The molecule has 0 spiro atoms. The second-order valence-electron chi connectivity index (χ2n) is 17.3. The number of benzene rings is 2. The van der Waals surface area contributed by atoms with E-state index >= 15 is 0 Å². The SMILES string of the molecule is COC(=O)NC(C(=O)N1C[C@@H](OC)C[C@H]1c1ncc(-c2ccc(-c3cc(Cl)c(NC(=O)c4ccc(N5CCN(C(=O)C(C)(C)C)C[C@H]5C)nc4)cc3OC(F)(F)F)cc2)[nH]1)=C1CCOCC1. The molecule has 3 aliphatic rings. The smallest absolute Gasteiger partial charge is 0.453 e. The van der Waals surface area contributed by atoms with Crippen molar-refractivity contribution in [1.82, 2.24) is 30.1 Å². The van der Waals surface area contributed by atoms with E-state index in [2.05, 4.69) is 30.3 Å². The number of halogens is 4. The van der Waals surface area contributed by atoms with Crippen molar-refractivity contribution in [3.05, 3.63) is 88.6 Å². The number of H-pyrrole nitrogens is 1. The van der Waals surface area contributed by atoms with Gasteiger partial charge in [0.1, 0.15) is 23.1 Å². The Bertz CT molecular complexity index is 2470. The summed E-state index contributed by atoms with van der Waals surface area (Å²) in [6, 6.07) is 11.5. The van der Waals surface area contributed by atoms with E-state index in [9.17, 15) is 32.3 Å². The number of alkyl halides is 3. The molecule has 3 saturated heterocycles. The van der Waals surface area contributed by atoms with Gasteiger partial charge in [-0.15, -0.1) is 13.2 Å². The molecule has 3 N–H and O–H groups in total. The number of nitrogens with zero attached hydrogens (tertiary/aromatic N) is 5. The fourth-order valence-electron chi connectivity index (χ4n) is 8.32. The number of aromatic nitrogens is 3. The number of carbonyl (C=O) groups excluding carboxylic acids is 4. The molecule has 3 atom stereocenters. The molecule has 3 fully saturated rings. The molecule has 3 aliphatic heterocycles. The Morgan fingerprint density at radius 3 is 2.26 bits per heavy atom. The lowest BCUT2D eigenvalue weighted by atomic mass is 9.94. The van der Waals surface area contributed by atoms with Crippen molar-refractivity contribution in [3.63, 3.8) is 0 Å². The predicted octanol–water partition coefficient (Wildman–Crippen LogP) is 7.74. The fourth-order valence-corrected chi connectivity index (χ4v) is 8.53. The summed E-state index contributed by atoms with van der Waals surface area (Å²) in [6.45, 7) is 10.3. The first-order valence-electron chi connectivity index (χ1n) is 21.4. The topological polar surface area (TPSA) is 181 Å². The van der Waals surface area contributed by atoms with Gasteiger partial charge in [0.15, 0.2) is 0 Å². The van der Waals surface area contributed by atoms with Gasteiger partial charge < -0.3 is 43.9 Å². The summed E-state index contributed by atoms with van der Waals surface area (Å²) in [5, 5.41) is 5.16. The molecular formula is C46H52ClF3N8O8. The molecule has 20 heteroatoms. The van der Waals surface area contributed by atoms with Gasteiger partial charge in [-0.3, -0.25) is 19.7 Å². The van der Waals surface area contributed by atoms with Gasteiger partial charge >= 0.3 is 12.5 Å². The van der Waals surface area contributed by atoms with Crippen LogP contribution in [-0.4, -0.2) is 121 Å². The van der Waals surface area contributed by atoms with Gasteiger partial charge in [0.05, 0.1) is 60.6 Å². The molecule has 2 aromatic heterocycles. The highest BCUT2D eigenvalue weighted by Crippen LogP contribution is 2.41. The Hall–Kier alpha value is -6.18. The number of piperazine rings is 1. The van der Waals surface area contributed by atoms with Crippen LogP contribution in [0, 0.1) is 5.41 Å². The van der Waals surface area contributed by atoms with Crippen LogP contribution < -0.4 is 20.3 Å². The highest BCUT2D eigenvalue weighted by Gasteiger charge is 2.41. The molecule has 2 aromatic carbocycles. The molecule has 0 radical (unpaired) electrons. The van der Waals surface area contributed by atoms with Crippen LogP contribution in [0.5, 0.6) is 5.75 Å². The van der Waals surface area contributed by atoms with E-state index in [1.165, 1.54) is 19.4 Å². The number of carbonyl (C=O) groups is 4. The van der Waals surface area contributed by atoms with Crippen LogP contribution in [0.15, 0.2) is 72.2 Å². The first-order valence-corrected chi connectivity index (χ1v) is 21.8. The minimum absolute atomic E-state index is 0.0114. The number of alkyl carbamates (subject to hydrolysis) is 1. The van der Waals surface area contributed by atoms with Gasteiger partial charge in [-0.05, 0) is 54.7 Å². The predicted molar refractivity (Wildman–Crippen MR) is 239 cm³/mol. The molecule has 4 amide bonds. The summed E-state index contributed by atoms with van der Waals surface area (Å²) in [4.78, 5) is 70.5. The number of imidazole rings is 1. The number of ether oxygens (including phenoxy) is 4. The zero-order valence-corrected chi connectivity index (χ0v) is 38.1. The molecule has 0 saturated carbocycles. The normalized spacial score (nSPS) is 19.1. The average molecular weight is 937 g/mol. The van der Waals surface area contributed by atoms with E-state index in [1.807, 2.05) is 37.5 Å². The standard InChI is InChI=1S/C46H52ClF3N8O8/c1-26-24-56(43(61)45(2,3)4)15-16-57(26)38-12-11-30(22-51-38)41(59)54-34-21-37(66-46(48,49)50)32(20-33(34)47)27-7-9-28(10-8-27)35-23-52-40(53-35)36-19-31(63-5)25-58(36)42(60)39(55-44(62)64-6)29-13-17-65-18-14-29/h7-12,20-23,26,31,36H,13-19,24-25H2,1-6H3,(H,52,53)(H,54,59)(H,55,62)/t26-,31+,36+/m1/s1. The number of likely N-dealkylation sites (tertiary alicyclic amines) is 1. The quantitative estimate of drug-likeness (QED) is 0.133. The fraction of sp³-hybridized carbons (Fsp3) is 0.435. The first-order chi connectivity index (χ1) is 31.3.